The largest absolute Gasteiger partial charge is 0.478 e. The molecule has 0 saturated heterocycles. The molecule has 0 saturated carbocycles. The minimum atomic E-state index is -1.44. The zero-order valence-corrected chi connectivity index (χ0v) is 13.7. The summed E-state index contributed by atoms with van der Waals surface area (Å²) in [6.45, 7) is 3.77. The Balaban J connectivity index is 3.67. The van der Waals surface area contributed by atoms with Gasteiger partial charge in [0.2, 0.25) is 0 Å². The van der Waals surface area contributed by atoms with Gasteiger partial charge in [-0.2, -0.15) is 0 Å². The van der Waals surface area contributed by atoms with Gasteiger partial charge in [-0.25, -0.2) is 19.2 Å². The first-order valence-electron chi connectivity index (χ1n) is 6.95. The lowest BCUT2D eigenvalue weighted by Crippen LogP contribution is -2.11. The van der Waals surface area contributed by atoms with E-state index in [1.165, 1.54) is 25.1 Å². The van der Waals surface area contributed by atoms with E-state index in [0.29, 0.717) is 5.56 Å². The summed E-state index contributed by atoms with van der Waals surface area (Å²) in [6, 6.07) is 3.82. The maximum atomic E-state index is 11.4. The standard InChI is InChI=1S/C17H16O8/c1-7-6-10(12(16(22)23)8(2)14(18)19)4-5-11(7)13(17(24)25)9(3)15(20)21/h4-6H,1-3H3,(H,18,19)(H,20,21)(H,22,23)(H,24,25)/b12-8+,13-9+. The van der Waals surface area contributed by atoms with Crippen LogP contribution in [0.2, 0.25) is 0 Å². The minimum Gasteiger partial charge on any atom is -0.478 e. The number of hydrogen-bond donors (Lipinski definition) is 4. The third-order valence-electron chi connectivity index (χ3n) is 3.60. The predicted octanol–water partition coefficient (Wildman–Crippen LogP) is 1.88. The Bertz CT molecular complexity index is 842. The molecule has 8 nitrogen and oxygen atoms in total. The fourth-order valence-electron chi connectivity index (χ4n) is 2.29. The molecule has 1 aromatic carbocycles. The van der Waals surface area contributed by atoms with Crippen LogP contribution in [0, 0.1) is 6.92 Å². The van der Waals surface area contributed by atoms with Gasteiger partial charge in [0.25, 0.3) is 0 Å². The zero-order valence-electron chi connectivity index (χ0n) is 13.7. The number of aliphatic carboxylic acids is 4. The van der Waals surface area contributed by atoms with Crippen LogP contribution >= 0.6 is 0 Å². The molecule has 0 heterocycles. The normalized spacial score (nSPS) is 12.8. The van der Waals surface area contributed by atoms with Crippen molar-refractivity contribution in [1.82, 2.24) is 0 Å². The van der Waals surface area contributed by atoms with Gasteiger partial charge in [-0.1, -0.05) is 18.2 Å². The van der Waals surface area contributed by atoms with E-state index in [4.69, 9.17) is 10.2 Å². The number of carboxylic acids is 4. The number of aryl methyl sites for hydroxylation is 1. The van der Waals surface area contributed by atoms with Crippen molar-refractivity contribution in [2.24, 2.45) is 0 Å². The molecule has 0 atom stereocenters. The van der Waals surface area contributed by atoms with E-state index in [1.807, 2.05) is 0 Å². The summed E-state index contributed by atoms with van der Waals surface area (Å²) < 4.78 is 0. The predicted molar refractivity (Wildman–Crippen MR) is 86.9 cm³/mol. The molecule has 1 aromatic rings. The fraction of sp³-hybridized carbons (Fsp3) is 0.176. The Labute approximate surface area is 142 Å². The second kappa shape index (κ2) is 7.43. The highest BCUT2D eigenvalue weighted by Gasteiger charge is 2.23. The molecule has 0 aromatic heterocycles. The molecular formula is C17H16O8. The van der Waals surface area contributed by atoms with E-state index in [0.717, 1.165) is 13.8 Å². The highest BCUT2D eigenvalue weighted by Crippen LogP contribution is 2.27. The van der Waals surface area contributed by atoms with Crippen molar-refractivity contribution in [2.75, 3.05) is 0 Å². The number of benzene rings is 1. The molecule has 0 aliphatic rings. The van der Waals surface area contributed by atoms with E-state index >= 15 is 0 Å². The SMILES string of the molecule is C/C(C(=O)O)=C(\C(=O)O)c1ccc(/C(C(=O)O)=C(/C)C(=O)O)c(C)c1. The lowest BCUT2D eigenvalue weighted by atomic mass is 9.92. The van der Waals surface area contributed by atoms with Gasteiger partial charge in [0.15, 0.2) is 0 Å². The van der Waals surface area contributed by atoms with Crippen LogP contribution in [0.3, 0.4) is 0 Å². The van der Waals surface area contributed by atoms with Crippen LogP contribution in [0.25, 0.3) is 11.1 Å². The fourth-order valence-corrected chi connectivity index (χ4v) is 2.29. The zero-order chi connectivity index (χ0) is 19.5. The number of rotatable bonds is 6. The van der Waals surface area contributed by atoms with Gasteiger partial charge in [-0.3, -0.25) is 0 Å². The minimum absolute atomic E-state index is 0.0753. The van der Waals surface area contributed by atoms with Crippen LogP contribution in [0.1, 0.15) is 30.5 Å². The van der Waals surface area contributed by atoms with Gasteiger partial charge in [-0.05, 0) is 37.5 Å². The van der Waals surface area contributed by atoms with Gasteiger partial charge in [0.1, 0.15) is 0 Å². The third-order valence-corrected chi connectivity index (χ3v) is 3.60. The highest BCUT2D eigenvalue weighted by molar-refractivity contribution is 6.23. The average Bonchev–Trinajstić information content (AvgIpc) is 2.48. The molecule has 132 valence electrons. The van der Waals surface area contributed by atoms with Crippen LogP contribution in [0.4, 0.5) is 0 Å². The topological polar surface area (TPSA) is 149 Å². The summed E-state index contributed by atoms with van der Waals surface area (Å²) in [6.07, 6.45) is 0. The van der Waals surface area contributed by atoms with Gasteiger partial charge >= 0.3 is 23.9 Å². The quantitative estimate of drug-likeness (QED) is 0.569. The van der Waals surface area contributed by atoms with Crippen LogP contribution < -0.4 is 0 Å². The Kier molecular flexibility index (Phi) is 5.84. The van der Waals surface area contributed by atoms with Gasteiger partial charge < -0.3 is 20.4 Å². The molecule has 0 unspecified atom stereocenters. The van der Waals surface area contributed by atoms with Crippen LogP contribution in [-0.4, -0.2) is 44.3 Å². The Morgan fingerprint density at radius 3 is 1.52 bits per heavy atom. The lowest BCUT2D eigenvalue weighted by molar-refractivity contribution is -0.134. The molecule has 0 aliphatic carbocycles. The smallest absolute Gasteiger partial charge is 0.336 e. The molecule has 8 heteroatoms. The molecule has 1 rings (SSSR count). The number of carbonyl (C=O) groups is 4. The molecular weight excluding hydrogens is 332 g/mol. The molecule has 0 radical (unpaired) electrons. The molecule has 25 heavy (non-hydrogen) atoms. The molecule has 0 amide bonds. The summed E-state index contributed by atoms with van der Waals surface area (Å²) in [5.74, 6) is -5.67. The highest BCUT2D eigenvalue weighted by atomic mass is 16.4. The summed E-state index contributed by atoms with van der Waals surface area (Å²) in [7, 11) is 0. The monoisotopic (exact) mass is 348 g/mol. The first kappa shape index (κ1) is 19.6. The van der Waals surface area contributed by atoms with Crippen LogP contribution in [0.5, 0.6) is 0 Å². The lowest BCUT2D eigenvalue weighted by Gasteiger charge is -2.12. The number of carboxylic acid groups (broad SMARTS) is 4. The van der Waals surface area contributed by atoms with Crippen molar-refractivity contribution >= 4 is 35.0 Å². The van der Waals surface area contributed by atoms with Crippen molar-refractivity contribution in [1.29, 1.82) is 0 Å². The van der Waals surface area contributed by atoms with Crippen molar-refractivity contribution in [3.63, 3.8) is 0 Å². The summed E-state index contributed by atoms with van der Waals surface area (Å²) in [4.78, 5) is 44.9. The van der Waals surface area contributed by atoms with E-state index < -0.39 is 35.0 Å². The molecule has 4 N–H and O–H groups in total. The van der Waals surface area contributed by atoms with Crippen LogP contribution in [0.15, 0.2) is 29.3 Å². The molecule has 0 bridgehead atoms. The first-order chi connectivity index (χ1) is 11.5. The molecule has 0 fully saturated rings. The first-order valence-corrected chi connectivity index (χ1v) is 6.95. The van der Waals surface area contributed by atoms with E-state index in [-0.39, 0.29) is 22.3 Å². The van der Waals surface area contributed by atoms with Gasteiger partial charge in [0, 0.05) is 11.1 Å². The van der Waals surface area contributed by atoms with Crippen molar-refractivity contribution in [2.45, 2.75) is 20.8 Å². The number of hydrogen-bond acceptors (Lipinski definition) is 4. The summed E-state index contributed by atoms with van der Waals surface area (Å²) >= 11 is 0. The maximum Gasteiger partial charge on any atom is 0.336 e. The van der Waals surface area contributed by atoms with E-state index in [2.05, 4.69) is 0 Å². The van der Waals surface area contributed by atoms with Gasteiger partial charge in [-0.15, -0.1) is 0 Å². The second-order valence-electron chi connectivity index (χ2n) is 5.25. The molecule has 0 spiro atoms. The average molecular weight is 348 g/mol. The van der Waals surface area contributed by atoms with Crippen molar-refractivity contribution in [3.8, 4) is 0 Å². The Morgan fingerprint density at radius 2 is 1.16 bits per heavy atom. The Hall–Kier alpha value is -3.42. The van der Waals surface area contributed by atoms with E-state index in [9.17, 15) is 29.4 Å². The van der Waals surface area contributed by atoms with Crippen molar-refractivity contribution in [3.05, 3.63) is 46.0 Å². The van der Waals surface area contributed by atoms with Crippen molar-refractivity contribution < 1.29 is 39.6 Å². The molecule has 0 aliphatic heterocycles. The second-order valence-corrected chi connectivity index (χ2v) is 5.25. The Morgan fingerprint density at radius 1 is 0.720 bits per heavy atom. The van der Waals surface area contributed by atoms with E-state index in [1.54, 1.807) is 0 Å². The summed E-state index contributed by atoms with van der Waals surface area (Å²) in [5.41, 5.74) is -1.13. The van der Waals surface area contributed by atoms with Gasteiger partial charge in [0.05, 0.1) is 11.1 Å². The summed E-state index contributed by atoms with van der Waals surface area (Å²) in [5, 5.41) is 36.6. The third kappa shape index (κ3) is 4.11. The van der Waals surface area contributed by atoms with Crippen LogP contribution in [-0.2, 0) is 19.2 Å². The maximum absolute atomic E-state index is 11.4.